The SMILES string of the molecule is CC(C)NC(=O)Nc1ccc(C(=O)O)cc1F. The highest BCUT2D eigenvalue weighted by Crippen LogP contribution is 2.15. The molecule has 0 atom stereocenters. The largest absolute Gasteiger partial charge is 0.478 e. The van der Waals surface area contributed by atoms with E-state index in [9.17, 15) is 14.0 Å². The minimum absolute atomic E-state index is 0.0619. The van der Waals surface area contributed by atoms with Crippen LogP contribution in [-0.4, -0.2) is 23.1 Å². The first-order valence-corrected chi connectivity index (χ1v) is 5.00. The highest BCUT2D eigenvalue weighted by atomic mass is 19.1. The van der Waals surface area contributed by atoms with Crippen molar-refractivity contribution in [1.82, 2.24) is 5.32 Å². The Balaban J connectivity index is 2.79. The maximum Gasteiger partial charge on any atom is 0.335 e. The number of rotatable bonds is 3. The standard InChI is InChI=1S/C11H13FN2O3/c1-6(2)13-11(17)14-9-4-3-7(10(15)16)5-8(9)12/h3-6H,1-2H3,(H,15,16)(H2,13,14,17). The molecule has 1 aromatic carbocycles. The first kappa shape index (κ1) is 13.0. The van der Waals surface area contributed by atoms with Crippen molar-refractivity contribution in [2.75, 3.05) is 5.32 Å². The second-order valence-electron chi connectivity index (χ2n) is 3.75. The number of aromatic carboxylic acids is 1. The Kier molecular flexibility index (Phi) is 4.03. The van der Waals surface area contributed by atoms with Gasteiger partial charge in [0, 0.05) is 6.04 Å². The molecule has 0 aliphatic carbocycles. The van der Waals surface area contributed by atoms with Crippen LogP contribution < -0.4 is 10.6 Å². The molecule has 0 radical (unpaired) electrons. The Morgan fingerprint density at radius 3 is 2.47 bits per heavy atom. The van der Waals surface area contributed by atoms with E-state index in [0.29, 0.717) is 0 Å². The van der Waals surface area contributed by atoms with Gasteiger partial charge in [-0.1, -0.05) is 0 Å². The van der Waals surface area contributed by atoms with Crippen molar-refractivity contribution in [3.8, 4) is 0 Å². The van der Waals surface area contributed by atoms with E-state index in [-0.39, 0.29) is 17.3 Å². The molecule has 92 valence electrons. The van der Waals surface area contributed by atoms with Crippen LogP contribution in [0.4, 0.5) is 14.9 Å². The van der Waals surface area contributed by atoms with Gasteiger partial charge in [0.25, 0.3) is 0 Å². The van der Waals surface area contributed by atoms with Gasteiger partial charge in [-0.05, 0) is 32.0 Å². The molecular formula is C11H13FN2O3. The fraction of sp³-hybridized carbons (Fsp3) is 0.273. The van der Waals surface area contributed by atoms with Crippen LogP contribution in [0.25, 0.3) is 0 Å². The molecule has 0 bridgehead atoms. The molecule has 6 heteroatoms. The maximum absolute atomic E-state index is 13.4. The van der Waals surface area contributed by atoms with Crippen molar-refractivity contribution in [2.24, 2.45) is 0 Å². The van der Waals surface area contributed by atoms with Gasteiger partial charge in [0.1, 0.15) is 5.82 Å². The zero-order chi connectivity index (χ0) is 13.0. The minimum atomic E-state index is -1.22. The molecule has 2 amide bonds. The zero-order valence-electron chi connectivity index (χ0n) is 9.45. The van der Waals surface area contributed by atoms with E-state index in [1.807, 2.05) is 0 Å². The predicted octanol–water partition coefficient (Wildman–Crippen LogP) is 2.05. The van der Waals surface area contributed by atoms with Gasteiger partial charge >= 0.3 is 12.0 Å². The zero-order valence-corrected chi connectivity index (χ0v) is 9.45. The van der Waals surface area contributed by atoms with E-state index in [2.05, 4.69) is 10.6 Å². The molecule has 0 fully saturated rings. The van der Waals surface area contributed by atoms with E-state index in [0.717, 1.165) is 6.07 Å². The first-order chi connectivity index (χ1) is 7.90. The third-order valence-corrected chi connectivity index (χ3v) is 1.88. The van der Waals surface area contributed by atoms with Crippen LogP contribution in [-0.2, 0) is 0 Å². The third-order valence-electron chi connectivity index (χ3n) is 1.88. The number of amides is 2. The molecule has 0 saturated carbocycles. The summed E-state index contributed by atoms with van der Waals surface area (Å²) in [6.07, 6.45) is 0. The van der Waals surface area contributed by atoms with Crippen molar-refractivity contribution < 1.29 is 19.1 Å². The Morgan fingerprint density at radius 1 is 1.35 bits per heavy atom. The fourth-order valence-corrected chi connectivity index (χ4v) is 1.17. The van der Waals surface area contributed by atoms with Crippen LogP contribution in [0.1, 0.15) is 24.2 Å². The Bertz CT molecular complexity index is 446. The average Bonchev–Trinajstić information content (AvgIpc) is 2.19. The van der Waals surface area contributed by atoms with Crippen molar-refractivity contribution in [2.45, 2.75) is 19.9 Å². The van der Waals surface area contributed by atoms with Crippen LogP contribution >= 0.6 is 0 Å². The second kappa shape index (κ2) is 5.29. The molecule has 0 aliphatic heterocycles. The number of carbonyl (C=O) groups is 2. The van der Waals surface area contributed by atoms with E-state index in [4.69, 9.17) is 5.11 Å². The van der Waals surface area contributed by atoms with Crippen LogP contribution in [0.2, 0.25) is 0 Å². The van der Waals surface area contributed by atoms with Crippen molar-refractivity contribution in [3.05, 3.63) is 29.6 Å². The second-order valence-corrected chi connectivity index (χ2v) is 3.75. The highest BCUT2D eigenvalue weighted by Gasteiger charge is 2.10. The summed E-state index contributed by atoms with van der Waals surface area (Å²) >= 11 is 0. The van der Waals surface area contributed by atoms with Gasteiger partial charge in [0.05, 0.1) is 11.3 Å². The van der Waals surface area contributed by atoms with Gasteiger partial charge in [-0.15, -0.1) is 0 Å². The van der Waals surface area contributed by atoms with Gasteiger partial charge < -0.3 is 15.7 Å². The minimum Gasteiger partial charge on any atom is -0.478 e. The summed E-state index contributed by atoms with van der Waals surface area (Å²) in [6, 6.07) is 2.67. The predicted molar refractivity (Wildman–Crippen MR) is 60.6 cm³/mol. The molecule has 5 nitrogen and oxygen atoms in total. The van der Waals surface area contributed by atoms with E-state index in [1.54, 1.807) is 13.8 Å². The van der Waals surface area contributed by atoms with Crippen LogP contribution in [0, 0.1) is 5.82 Å². The summed E-state index contributed by atoms with van der Waals surface area (Å²) in [5.41, 5.74) is -0.231. The Morgan fingerprint density at radius 2 is 2.00 bits per heavy atom. The molecule has 0 aliphatic rings. The van der Waals surface area contributed by atoms with E-state index < -0.39 is 17.8 Å². The van der Waals surface area contributed by atoms with Gasteiger partial charge in [-0.2, -0.15) is 0 Å². The Hall–Kier alpha value is -2.11. The Labute approximate surface area is 97.6 Å². The molecule has 17 heavy (non-hydrogen) atoms. The van der Waals surface area contributed by atoms with Crippen molar-refractivity contribution in [3.63, 3.8) is 0 Å². The molecule has 1 aromatic rings. The number of halogens is 1. The van der Waals surface area contributed by atoms with Gasteiger partial charge in [0.15, 0.2) is 0 Å². The number of nitrogens with one attached hydrogen (secondary N) is 2. The first-order valence-electron chi connectivity index (χ1n) is 5.00. The number of carboxylic acid groups (broad SMARTS) is 1. The highest BCUT2D eigenvalue weighted by molar-refractivity contribution is 5.91. The lowest BCUT2D eigenvalue weighted by atomic mass is 10.2. The van der Waals surface area contributed by atoms with Gasteiger partial charge in [-0.3, -0.25) is 0 Å². The van der Waals surface area contributed by atoms with Gasteiger partial charge in [-0.25, -0.2) is 14.0 Å². The quantitative estimate of drug-likeness (QED) is 0.756. The molecule has 0 aromatic heterocycles. The molecule has 0 heterocycles. The number of benzene rings is 1. The summed E-state index contributed by atoms with van der Waals surface area (Å²) < 4.78 is 13.4. The maximum atomic E-state index is 13.4. The van der Waals surface area contributed by atoms with Crippen molar-refractivity contribution in [1.29, 1.82) is 0 Å². The summed E-state index contributed by atoms with van der Waals surface area (Å²) in [5.74, 6) is -2.01. The normalized spacial score (nSPS) is 10.1. The molecular weight excluding hydrogens is 227 g/mol. The number of carboxylic acids is 1. The van der Waals surface area contributed by atoms with E-state index in [1.165, 1.54) is 12.1 Å². The van der Waals surface area contributed by atoms with Crippen LogP contribution in [0.3, 0.4) is 0 Å². The number of urea groups is 1. The van der Waals surface area contributed by atoms with Crippen LogP contribution in [0.5, 0.6) is 0 Å². The topological polar surface area (TPSA) is 78.4 Å². The molecule has 1 rings (SSSR count). The van der Waals surface area contributed by atoms with E-state index >= 15 is 0 Å². The number of carbonyl (C=O) groups excluding carboxylic acids is 1. The lowest BCUT2D eigenvalue weighted by Gasteiger charge is -2.10. The van der Waals surface area contributed by atoms with Crippen LogP contribution in [0.15, 0.2) is 18.2 Å². The summed E-state index contributed by atoms with van der Waals surface area (Å²) in [6.45, 7) is 3.53. The monoisotopic (exact) mass is 240 g/mol. The fourth-order valence-electron chi connectivity index (χ4n) is 1.17. The molecule has 0 saturated heterocycles. The van der Waals surface area contributed by atoms with Gasteiger partial charge in [0.2, 0.25) is 0 Å². The molecule has 3 N–H and O–H groups in total. The average molecular weight is 240 g/mol. The summed E-state index contributed by atoms with van der Waals surface area (Å²) in [4.78, 5) is 21.9. The number of hydrogen-bond donors (Lipinski definition) is 3. The van der Waals surface area contributed by atoms with Crippen molar-refractivity contribution >= 4 is 17.7 Å². The lowest BCUT2D eigenvalue weighted by Crippen LogP contribution is -2.34. The number of hydrogen-bond acceptors (Lipinski definition) is 2. The smallest absolute Gasteiger partial charge is 0.335 e. The summed E-state index contributed by atoms with van der Waals surface area (Å²) in [7, 11) is 0. The number of anilines is 1. The molecule has 0 spiro atoms. The molecule has 0 unspecified atom stereocenters. The lowest BCUT2D eigenvalue weighted by molar-refractivity contribution is 0.0696. The third kappa shape index (κ3) is 3.75. The summed E-state index contributed by atoms with van der Waals surface area (Å²) in [5, 5.41) is 13.4.